The van der Waals surface area contributed by atoms with Crippen LogP contribution in [-0.2, 0) is 6.18 Å². The molecule has 19 heavy (non-hydrogen) atoms. The van der Waals surface area contributed by atoms with E-state index in [4.69, 9.17) is 0 Å². The monoisotopic (exact) mass is 274 g/mol. The molecular weight excluding hydrogens is 268 g/mol. The van der Waals surface area contributed by atoms with E-state index in [1.54, 1.807) is 10.2 Å². The summed E-state index contributed by atoms with van der Waals surface area (Å²) in [6, 6.07) is 4.57. The zero-order valence-corrected chi connectivity index (χ0v) is 9.12. The minimum absolute atomic E-state index is 0.120. The molecule has 0 radical (unpaired) electrons. The third kappa shape index (κ3) is 2.87. The first-order valence-corrected chi connectivity index (χ1v) is 4.93. The van der Waals surface area contributed by atoms with Crippen LogP contribution in [0.1, 0.15) is 5.69 Å². The van der Waals surface area contributed by atoms with E-state index in [1.807, 2.05) is 0 Å². The van der Waals surface area contributed by atoms with Crippen molar-refractivity contribution in [1.82, 2.24) is 10.2 Å². The Morgan fingerprint density at radius 1 is 1.00 bits per heavy atom. The molecule has 100 valence electrons. The molecule has 0 saturated carbocycles. The summed E-state index contributed by atoms with van der Waals surface area (Å²) in [5.74, 6) is -0.519. The molecule has 0 aliphatic carbocycles. The summed E-state index contributed by atoms with van der Waals surface area (Å²) < 4.78 is 50.1. The second-order valence-electron chi connectivity index (χ2n) is 3.48. The summed E-state index contributed by atoms with van der Waals surface area (Å²) in [6.07, 6.45) is -4.75. The maximum absolute atomic E-state index is 12.6. The van der Waals surface area contributed by atoms with Crippen molar-refractivity contribution in [2.45, 2.75) is 6.18 Å². The Labute approximate surface area is 103 Å². The highest BCUT2D eigenvalue weighted by molar-refractivity contribution is 5.42. The number of aromatic nitrogens is 2. The molecule has 0 unspecified atom stereocenters. The molecule has 0 saturated heterocycles. The second-order valence-corrected chi connectivity index (χ2v) is 3.48. The predicted molar refractivity (Wildman–Crippen MR) is 57.0 cm³/mol. The summed E-state index contributed by atoms with van der Waals surface area (Å²) >= 11 is 0. The van der Waals surface area contributed by atoms with E-state index in [2.05, 4.69) is 10.2 Å². The highest BCUT2D eigenvalue weighted by atomic mass is 19.4. The molecular formula is C10H6F4N4O. The summed E-state index contributed by atoms with van der Waals surface area (Å²) in [7, 11) is 0. The van der Waals surface area contributed by atoms with Gasteiger partial charge in [0.05, 0.1) is 5.69 Å². The number of hydrogen-bond donors (Lipinski definition) is 2. The van der Waals surface area contributed by atoms with E-state index in [0.717, 1.165) is 12.1 Å². The van der Waals surface area contributed by atoms with Gasteiger partial charge in [-0.25, -0.2) is 4.39 Å². The third-order valence-electron chi connectivity index (χ3n) is 2.13. The van der Waals surface area contributed by atoms with Crippen LogP contribution in [0.5, 0.6) is 0 Å². The lowest BCUT2D eigenvalue weighted by atomic mass is 10.3. The number of halogens is 4. The number of rotatable bonds is 2. The molecule has 0 amide bonds. The van der Waals surface area contributed by atoms with E-state index in [9.17, 15) is 22.4 Å². The zero-order chi connectivity index (χ0) is 14.0. The number of alkyl halides is 3. The van der Waals surface area contributed by atoms with Crippen molar-refractivity contribution < 1.29 is 17.6 Å². The number of azo groups is 1. The molecule has 1 aromatic carbocycles. The molecule has 1 aromatic heterocycles. The van der Waals surface area contributed by atoms with Gasteiger partial charge in [-0.3, -0.25) is 15.0 Å². The SMILES string of the molecule is O=c1[nH][nH]c(C(F)(F)F)c1N=Nc1ccc(F)cc1. The Kier molecular flexibility index (Phi) is 3.19. The van der Waals surface area contributed by atoms with E-state index in [0.29, 0.717) is 0 Å². The lowest BCUT2D eigenvalue weighted by Crippen LogP contribution is -2.06. The van der Waals surface area contributed by atoms with Gasteiger partial charge >= 0.3 is 6.18 Å². The lowest BCUT2D eigenvalue weighted by Gasteiger charge is -2.02. The van der Waals surface area contributed by atoms with Crippen molar-refractivity contribution in [2.24, 2.45) is 10.2 Å². The highest BCUT2D eigenvalue weighted by Gasteiger charge is 2.37. The number of nitrogens with one attached hydrogen (secondary N) is 2. The summed E-state index contributed by atoms with van der Waals surface area (Å²) in [5.41, 5.74) is -3.12. The topological polar surface area (TPSA) is 73.4 Å². The quantitative estimate of drug-likeness (QED) is 0.640. The maximum atomic E-state index is 12.6. The van der Waals surface area contributed by atoms with Crippen LogP contribution in [0, 0.1) is 5.82 Å². The first-order chi connectivity index (χ1) is 8.88. The van der Waals surface area contributed by atoms with Crippen molar-refractivity contribution in [3.05, 3.63) is 46.1 Å². The Balaban J connectivity index is 2.36. The van der Waals surface area contributed by atoms with Gasteiger partial charge < -0.3 is 0 Å². The molecule has 2 aromatic rings. The molecule has 0 aliphatic heterocycles. The zero-order valence-electron chi connectivity index (χ0n) is 9.12. The fraction of sp³-hybridized carbons (Fsp3) is 0.100. The molecule has 1 heterocycles. The average molecular weight is 274 g/mol. The van der Waals surface area contributed by atoms with Gasteiger partial charge in [-0.1, -0.05) is 0 Å². The summed E-state index contributed by atoms with van der Waals surface area (Å²) in [6.45, 7) is 0. The van der Waals surface area contributed by atoms with Crippen molar-refractivity contribution in [3.8, 4) is 0 Å². The van der Waals surface area contributed by atoms with Gasteiger partial charge in [-0.2, -0.15) is 18.3 Å². The van der Waals surface area contributed by atoms with Gasteiger partial charge in [0, 0.05) is 0 Å². The number of benzene rings is 1. The van der Waals surface area contributed by atoms with Gasteiger partial charge in [0.15, 0.2) is 11.4 Å². The summed E-state index contributed by atoms with van der Waals surface area (Å²) in [4.78, 5) is 11.2. The number of hydrogen-bond acceptors (Lipinski definition) is 3. The predicted octanol–water partition coefficient (Wildman–Crippen LogP) is 3.28. The Morgan fingerprint density at radius 3 is 2.21 bits per heavy atom. The minimum Gasteiger partial charge on any atom is -0.292 e. The molecule has 9 heteroatoms. The first kappa shape index (κ1) is 13.0. The maximum Gasteiger partial charge on any atom is 0.435 e. The molecule has 2 rings (SSSR count). The average Bonchev–Trinajstić information content (AvgIpc) is 2.70. The Hall–Kier alpha value is -2.45. The molecule has 0 aliphatic rings. The molecule has 0 atom stereocenters. The molecule has 0 bridgehead atoms. The number of aromatic amines is 2. The van der Waals surface area contributed by atoms with Crippen molar-refractivity contribution in [1.29, 1.82) is 0 Å². The van der Waals surface area contributed by atoms with Crippen LogP contribution in [0.15, 0.2) is 39.3 Å². The van der Waals surface area contributed by atoms with Crippen molar-refractivity contribution in [3.63, 3.8) is 0 Å². The van der Waals surface area contributed by atoms with Crippen molar-refractivity contribution >= 4 is 11.4 Å². The smallest absolute Gasteiger partial charge is 0.292 e. The van der Waals surface area contributed by atoms with Crippen LogP contribution >= 0.6 is 0 Å². The van der Waals surface area contributed by atoms with E-state index in [1.165, 1.54) is 12.1 Å². The van der Waals surface area contributed by atoms with E-state index >= 15 is 0 Å². The third-order valence-corrected chi connectivity index (χ3v) is 2.13. The fourth-order valence-corrected chi connectivity index (χ4v) is 1.27. The van der Waals surface area contributed by atoms with Crippen LogP contribution < -0.4 is 5.56 Å². The minimum atomic E-state index is -4.75. The molecule has 5 nitrogen and oxygen atoms in total. The largest absolute Gasteiger partial charge is 0.435 e. The fourth-order valence-electron chi connectivity index (χ4n) is 1.27. The normalized spacial score (nSPS) is 12.2. The Bertz CT molecular complexity index is 653. The van der Waals surface area contributed by atoms with Crippen LogP contribution in [0.3, 0.4) is 0 Å². The number of nitrogens with zero attached hydrogens (tertiary/aromatic N) is 2. The molecule has 2 N–H and O–H groups in total. The highest BCUT2D eigenvalue weighted by Crippen LogP contribution is 2.33. The first-order valence-electron chi connectivity index (χ1n) is 4.93. The Morgan fingerprint density at radius 2 is 1.63 bits per heavy atom. The standard InChI is InChI=1S/C10H6F4N4O/c11-5-1-3-6(4-2-5)15-16-7-8(10(12,13)14)17-18-9(7)19/h1-4H,(H2,17,18,19). The van der Waals surface area contributed by atoms with Crippen LogP contribution in [0.2, 0.25) is 0 Å². The molecule has 0 spiro atoms. The van der Waals surface area contributed by atoms with Gasteiger partial charge in [-0.05, 0) is 24.3 Å². The second kappa shape index (κ2) is 4.67. The van der Waals surface area contributed by atoms with Gasteiger partial charge in [0.2, 0.25) is 0 Å². The lowest BCUT2D eigenvalue weighted by molar-refractivity contribution is -0.140. The van der Waals surface area contributed by atoms with E-state index in [-0.39, 0.29) is 5.69 Å². The van der Waals surface area contributed by atoms with Gasteiger partial charge in [0.1, 0.15) is 5.82 Å². The molecule has 0 fully saturated rings. The van der Waals surface area contributed by atoms with Gasteiger partial charge in [-0.15, -0.1) is 5.11 Å². The number of H-pyrrole nitrogens is 2. The van der Waals surface area contributed by atoms with Gasteiger partial charge in [0.25, 0.3) is 5.56 Å². The van der Waals surface area contributed by atoms with Crippen LogP contribution in [0.25, 0.3) is 0 Å². The van der Waals surface area contributed by atoms with Crippen LogP contribution in [-0.4, -0.2) is 10.2 Å². The van der Waals surface area contributed by atoms with Crippen molar-refractivity contribution in [2.75, 3.05) is 0 Å². The summed E-state index contributed by atoms with van der Waals surface area (Å²) in [5, 5.41) is 10.1. The van der Waals surface area contributed by atoms with Crippen LogP contribution in [0.4, 0.5) is 28.9 Å². The van der Waals surface area contributed by atoms with E-state index < -0.39 is 28.9 Å².